The van der Waals surface area contributed by atoms with E-state index in [9.17, 15) is 0 Å². The fourth-order valence-electron chi connectivity index (χ4n) is 0.868. The fraction of sp³-hybridized carbons (Fsp3) is 0.200. The van der Waals surface area contributed by atoms with Crippen LogP contribution in [0.2, 0.25) is 0 Å². The van der Waals surface area contributed by atoms with Crippen molar-refractivity contribution in [2.45, 2.75) is 5.88 Å². The Balaban J connectivity index is 2.86. The van der Waals surface area contributed by atoms with Gasteiger partial charge in [0.1, 0.15) is 0 Å². The molecule has 0 saturated heterocycles. The Kier molecular flexibility index (Phi) is 4.21. The molecule has 0 spiro atoms. The fourth-order valence-corrected chi connectivity index (χ4v) is 1.17. The van der Waals surface area contributed by atoms with E-state index in [2.05, 4.69) is 27.8 Å². The van der Waals surface area contributed by atoms with Crippen molar-refractivity contribution < 1.29 is 0 Å². The SMILES string of the molecule is ClCc1cccc(C#CCBr)c1. The maximum absolute atomic E-state index is 5.68. The van der Waals surface area contributed by atoms with Crippen molar-refractivity contribution in [2.75, 3.05) is 5.33 Å². The number of hydrogen-bond acceptors (Lipinski definition) is 0. The van der Waals surface area contributed by atoms with Gasteiger partial charge < -0.3 is 0 Å². The van der Waals surface area contributed by atoms with Crippen molar-refractivity contribution in [3.8, 4) is 11.8 Å². The first-order valence-corrected chi connectivity index (χ1v) is 5.22. The lowest BCUT2D eigenvalue weighted by Gasteiger charge is -1.94. The average Bonchev–Trinajstić information content (AvgIpc) is 2.15. The molecular formula is C10H8BrCl. The van der Waals surface area contributed by atoms with Gasteiger partial charge in [0, 0.05) is 11.4 Å². The molecule has 62 valence electrons. The Labute approximate surface area is 86.1 Å². The summed E-state index contributed by atoms with van der Waals surface area (Å²) in [5.41, 5.74) is 2.13. The summed E-state index contributed by atoms with van der Waals surface area (Å²) in [5, 5.41) is 0.706. The monoisotopic (exact) mass is 242 g/mol. The van der Waals surface area contributed by atoms with Crippen molar-refractivity contribution >= 4 is 27.5 Å². The van der Waals surface area contributed by atoms with E-state index in [4.69, 9.17) is 11.6 Å². The van der Waals surface area contributed by atoms with Crippen LogP contribution < -0.4 is 0 Å². The first-order chi connectivity index (χ1) is 5.86. The predicted octanol–water partition coefficient (Wildman–Crippen LogP) is 3.17. The van der Waals surface area contributed by atoms with Gasteiger partial charge in [0.25, 0.3) is 0 Å². The zero-order valence-electron chi connectivity index (χ0n) is 6.48. The quantitative estimate of drug-likeness (QED) is 0.525. The summed E-state index contributed by atoms with van der Waals surface area (Å²) < 4.78 is 0. The third-order valence-corrected chi connectivity index (χ3v) is 1.97. The van der Waals surface area contributed by atoms with Gasteiger partial charge in [-0.15, -0.1) is 11.6 Å². The zero-order chi connectivity index (χ0) is 8.81. The van der Waals surface area contributed by atoms with E-state index >= 15 is 0 Å². The van der Waals surface area contributed by atoms with E-state index in [1.807, 2.05) is 24.3 Å². The van der Waals surface area contributed by atoms with Crippen LogP contribution in [0.4, 0.5) is 0 Å². The molecule has 0 radical (unpaired) electrons. The molecular weight excluding hydrogens is 235 g/mol. The van der Waals surface area contributed by atoms with E-state index in [0.29, 0.717) is 11.2 Å². The molecule has 0 fully saturated rings. The van der Waals surface area contributed by atoms with E-state index in [1.165, 1.54) is 0 Å². The van der Waals surface area contributed by atoms with E-state index < -0.39 is 0 Å². The molecule has 0 heterocycles. The minimum atomic E-state index is 0.545. The first kappa shape index (κ1) is 9.64. The van der Waals surface area contributed by atoms with Gasteiger partial charge in [-0.25, -0.2) is 0 Å². The van der Waals surface area contributed by atoms with Crippen LogP contribution in [0.1, 0.15) is 11.1 Å². The number of halogens is 2. The van der Waals surface area contributed by atoms with E-state index in [0.717, 1.165) is 11.1 Å². The molecule has 0 amide bonds. The van der Waals surface area contributed by atoms with Crippen LogP contribution in [0.25, 0.3) is 0 Å². The molecule has 0 aliphatic rings. The van der Waals surface area contributed by atoms with Crippen LogP contribution in [-0.2, 0) is 5.88 Å². The Bertz CT molecular complexity index is 309. The minimum Gasteiger partial charge on any atom is -0.122 e. The smallest absolute Gasteiger partial charge is 0.0649 e. The molecule has 1 rings (SSSR count). The third-order valence-electron chi connectivity index (χ3n) is 1.38. The lowest BCUT2D eigenvalue weighted by atomic mass is 10.1. The largest absolute Gasteiger partial charge is 0.122 e. The molecule has 1 aromatic rings. The molecule has 0 atom stereocenters. The highest BCUT2D eigenvalue weighted by Gasteiger charge is 1.90. The number of benzene rings is 1. The van der Waals surface area contributed by atoms with Crippen molar-refractivity contribution in [1.82, 2.24) is 0 Å². The van der Waals surface area contributed by atoms with Gasteiger partial charge in [0.15, 0.2) is 0 Å². The van der Waals surface area contributed by atoms with Crippen molar-refractivity contribution in [3.05, 3.63) is 35.4 Å². The van der Waals surface area contributed by atoms with Gasteiger partial charge in [0.2, 0.25) is 0 Å². The summed E-state index contributed by atoms with van der Waals surface area (Å²) in [6.07, 6.45) is 0. The lowest BCUT2D eigenvalue weighted by molar-refractivity contribution is 1.39. The summed E-state index contributed by atoms with van der Waals surface area (Å²) in [7, 11) is 0. The molecule has 0 bridgehead atoms. The topological polar surface area (TPSA) is 0 Å². The Morgan fingerprint density at radius 3 is 2.92 bits per heavy atom. The molecule has 12 heavy (non-hydrogen) atoms. The summed E-state index contributed by atoms with van der Waals surface area (Å²) in [4.78, 5) is 0. The van der Waals surface area contributed by atoms with Crippen molar-refractivity contribution in [3.63, 3.8) is 0 Å². The molecule has 0 aliphatic heterocycles. The maximum Gasteiger partial charge on any atom is 0.0649 e. The predicted molar refractivity (Wildman–Crippen MR) is 56.7 cm³/mol. The molecule has 0 N–H and O–H groups in total. The van der Waals surface area contributed by atoms with Crippen LogP contribution in [0.5, 0.6) is 0 Å². The number of rotatable bonds is 1. The Hall–Kier alpha value is -0.450. The normalized spacial score (nSPS) is 8.83. The van der Waals surface area contributed by atoms with E-state index in [-0.39, 0.29) is 0 Å². The zero-order valence-corrected chi connectivity index (χ0v) is 8.82. The second-order valence-corrected chi connectivity index (χ2v) is 3.10. The molecule has 0 aliphatic carbocycles. The summed E-state index contributed by atoms with van der Waals surface area (Å²) in [6, 6.07) is 7.94. The van der Waals surface area contributed by atoms with Crippen LogP contribution in [0, 0.1) is 11.8 Å². The van der Waals surface area contributed by atoms with Crippen LogP contribution in [0.3, 0.4) is 0 Å². The van der Waals surface area contributed by atoms with Crippen LogP contribution in [-0.4, -0.2) is 5.33 Å². The minimum absolute atomic E-state index is 0.545. The second-order valence-electron chi connectivity index (χ2n) is 2.27. The summed E-state index contributed by atoms with van der Waals surface area (Å²) in [6.45, 7) is 0. The van der Waals surface area contributed by atoms with Gasteiger partial charge >= 0.3 is 0 Å². The van der Waals surface area contributed by atoms with Crippen LogP contribution >= 0.6 is 27.5 Å². The van der Waals surface area contributed by atoms with Gasteiger partial charge in [-0.3, -0.25) is 0 Å². The first-order valence-electron chi connectivity index (χ1n) is 3.56. The Morgan fingerprint density at radius 1 is 1.42 bits per heavy atom. The summed E-state index contributed by atoms with van der Waals surface area (Å²) >= 11 is 8.92. The molecule has 2 heteroatoms. The molecule has 0 unspecified atom stereocenters. The van der Waals surface area contributed by atoms with Gasteiger partial charge in [0.05, 0.1) is 5.33 Å². The van der Waals surface area contributed by atoms with Gasteiger partial charge in [-0.05, 0) is 17.7 Å². The summed E-state index contributed by atoms with van der Waals surface area (Å²) in [5.74, 6) is 6.50. The van der Waals surface area contributed by atoms with E-state index in [1.54, 1.807) is 0 Å². The van der Waals surface area contributed by atoms with Crippen LogP contribution in [0.15, 0.2) is 24.3 Å². The molecule has 1 aromatic carbocycles. The molecule has 0 nitrogen and oxygen atoms in total. The van der Waals surface area contributed by atoms with Crippen molar-refractivity contribution in [2.24, 2.45) is 0 Å². The highest BCUT2D eigenvalue weighted by atomic mass is 79.9. The maximum atomic E-state index is 5.68. The molecule has 0 aromatic heterocycles. The van der Waals surface area contributed by atoms with Gasteiger partial charge in [-0.1, -0.05) is 39.9 Å². The molecule has 0 saturated carbocycles. The van der Waals surface area contributed by atoms with Crippen molar-refractivity contribution in [1.29, 1.82) is 0 Å². The lowest BCUT2D eigenvalue weighted by Crippen LogP contribution is -1.79. The highest BCUT2D eigenvalue weighted by Crippen LogP contribution is 2.06. The standard InChI is InChI=1S/C10H8BrCl/c11-6-2-5-9-3-1-4-10(7-9)8-12/h1,3-4,7H,6,8H2. The second kappa shape index (κ2) is 5.24. The number of alkyl halides is 2. The number of hydrogen-bond donors (Lipinski definition) is 0. The third kappa shape index (κ3) is 2.89. The Morgan fingerprint density at radius 2 is 2.25 bits per heavy atom. The highest BCUT2D eigenvalue weighted by molar-refractivity contribution is 9.09. The van der Waals surface area contributed by atoms with Gasteiger partial charge in [-0.2, -0.15) is 0 Å². The average molecular weight is 244 g/mol.